The summed E-state index contributed by atoms with van der Waals surface area (Å²) in [5.41, 5.74) is 3.73. The highest BCUT2D eigenvalue weighted by Crippen LogP contribution is 2.23. The van der Waals surface area contributed by atoms with Gasteiger partial charge in [0.1, 0.15) is 0 Å². The van der Waals surface area contributed by atoms with E-state index in [-0.39, 0.29) is 11.7 Å². The number of nitrogens with one attached hydrogen (secondary N) is 1. The molecule has 1 N–H and O–H groups in total. The van der Waals surface area contributed by atoms with Gasteiger partial charge >= 0.3 is 0 Å². The molecule has 5 nitrogen and oxygen atoms in total. The van der Waals surface area contributed by atoms with Crippen LogP contribution in [0.4, 0.5) is 5.69 Å². The number of carbonyl (C=O) groups excluding carboxylic acids is 1. The molecule has 1 heterocycles. The van der Waals surface area contributed by atoms with Crippen LogP contribution in [0.5, 0.6) is 0 Å². The van der Waals surface area contributed by atoms with Crippen molar-refractivity contribution in [2.45, 2.75) is 26.2 Å². The number of hydrogen-bond acceptors (Lipinski definition) is 3. The standard InChI is InChI=1S/C25H24N4O/c1-3-18(2)19-14-16-21(17-15-19)26-25(30)23-27-24(20-10-6-4-7-11-20)29(28-23)22-12-8-5-9-13-22/h4-18H,3H2,1-2H3,(H,26,30). The summed E-state index contributed by atoms with van der Waals surface area (Å²) >= 11 is 0. The highest BCUT2D eigenvalue weighted by atomic mass is 16.2. The summed E-state index contributed by atoms with van der Waals surface area (Å²) in [4.78, 5) is 17.4. The van der Waals surface area contributed by atoms with Gasteiger partial charge in [0.2, 0.25) is 5.82 Å². The molecule has 0 radical (unpaired) electrons. The molecule has 1 aromatic heterocycles. The zero-order valence-electron chi connectivity index (χ0n) is 17.1. The Balaban J connectivity index is 1.64. The van der Waals surface area contributed by atoms with Gasteiger partial charge in [-0.3, -0.25) is 4.79 Å². The Bertz CT molecular complexity index is 1060. The fourth-order valence-corrected chi connectivity index (χ4v) is 3.25. The molecule has 30 heavy (non-hydrogen) atoms. The Morgan fingerprint density at radius 3 is 2.20 bits per heavy atom. The van der Waals surface area contributed by atoms with Gasteiger partial charge in [0.15, 0.2) is 5.82 Å². The summed E-state index contributed by atoms with van der Waals surface area (Å²) in [7, 11) is 0. The fourth-order valence-electron chi connectivity index (χ4n) is 3.25. The third-order valence-electron chi connectivity index (χ3n) is 5.19. The third-order valence-corrected chi connectivity index (χ3v) is 5.19. The SMILES string of the molecule is CCC(C)c1ccc(NC(=O)c2nc(-c3ccccc3)n(-c3ccccc3)n2)cc1. The lowest BCUT2D eigenvalue weighted by molar-refractivity contribution is 0.101. The minimum Gasteiger partial charge on any atom is -0.319 e. The molecule has 1 unspecified atom stereocenters. The second kappa shape index (κ2) is 8.74. The summed E-state index contributed by atoms with van der Waals surface area (Å²) in [6, 6.07) is 27.4. The minimum atomic E-state index is -0.335. The third kappa shape index (κ3) is 4.15. The molecule has 0 aliphatic rings. The normalized spacial score (nSPS) is 11.8. The molecule has 0 aliphatic carbocycles. The molecule has 0 bridgehead atoms. The number of nitrogens with zero attached hydrogens (tertiary/aromatic N) is 3. The predicted octanol–water partition coefficient (Wildman–Crippen LogP) is 5.70. The smallest absolute Gasteiger partial charge is 0.295 e. The molecular weight excluding hydrogens is 372 g/mol. The van der Waals surface area contributed by atoms with Crippen LogP contribution in [-0.2, 0) is 0 Å². The monoisotopic (exact) mass is 396 g/mol. The number of benzene rings is 3. The number of rotatable bonds is 6. The van der Waals surface area contributed by atoms with Crippen molar-refractivity contribution >= 4 is 11.6 Å². The van der Waals surface area contributed by atoms with E-state index in [1.807, 2.05) is 72.8 Å². The lowest BCUT2D eigenvalue weighted by Gasteiger charge is -2.09. The number of carbonyl (C=O) groups is 1. The van der Waals surface area contributed by atoms with Crippen LogP contribution in [0.25, 0.3) is 17.1 Å². The van der Waals surface area contributed by atoms with E-state index in [1.54, 1.807) is 4.68 Å². The fraction of sp³-hybridized carbons (Fsp3) is 0.160. The summed E-state index contributed by atoms with van der Waals surface area (Å²) in [5.74, 6) is 0.910. The van der Waals surface area contributed by atoms with E-state index in [0.717, 1.165) is 23.4 Å². The van der Waals surface area contributed by atoms with Gasteiger partial charge in [-0.1, -0.05) is 74.5 Å². The van der Waals surface area contributed by atoms with Gasteiger partial charge in [0.05, 0.1) is 5.69 Å². The molecule has 3 aromatic carbocycles. The second-order valence-electron chi connectivity index (χ2n) is 7.26. The Labute approximate surface area is 176 Å². The van der Waals surface area contributed by atoms with Crippen molar-refractivity contribution in [3.8, 4) is 17.1 Å². The van der Waals surface area contributed by atoms with Crippen molar-refractivity contribution in [1.82, 2.24) is 14.8 Å². The van der Waals surface area contributed by atoms with Crippen LogP contribution in [0.1, 0.15) is 42.4 Å². The topological polar surface area (TPSA) is 59.8 Å². The van der Waals surface area contributed by atoms with Crippen LogP contribution in [0.2, 0.25) is 0 Å². The average molecular weight is 396 g/mol. The van der Waals surface area contributed by atoms with Gasteiger partial charge in [-0.2, -0.15) is 0 Å². The van der Waals surface area contributed by atoms with E-state index < -0.39 is 0 Å². The van der Waals surface area contributed by atoms with Gasteiger partial charge in [0, 0.05) is 11.3 Å². The highest BCUT2D eigenvalue weighted by molar-refractivity contribution is 6.01. The largest absolute Gasteiger partial charge is 0.319 e. The molecule has 4 aromatic rings. The predicted molar refractivity (Wildman–Crippen MR) is 120 cm³/mol. The number of amides is 1. The number of anilines is 1. The molecular formula is C25H24N4O. The molecule has 150 valence electrons. The maximum atomic E-state index is 12.9. The Kier molecular flexibility index (Phi) is 5.70. The molecule has 1 atom stereocenters. The van der Waals surface area contributed by atoms with Crippen molar-refractivity contribution in [3.05, 3.63) is 96.3 Å². The van der Waals surface area contributed by atoms with Crippen LogP contribution < -0.4 is 5.32 Å². The van der Waals surface area contributed by atoms with Gasteiger partial charge < -0.3 is 5.32 Å². The summed E-state index contributed by atoms with van der Waals surface area (Å²) in [6.07, 6.45) is 1.08. The van der Waals surface area contributed by atoms with Crippen molar-refractivity contribution < 1.29 is 4.79 Å². The zero-order chi connectivity index (χ0) is 20.9. The van der Waals surface area contributed by atoms with Crippen LogP contribution >= 0.6 is 0 Å². The van der Waals surface area contributed by atoms with E-state index in [2.05, 4.69) is 41.4 Å². The first kappa shape index (κ1) is 19.6. The van der Waals surface area contributed by atoms with Crippen molar-refractivity contribution in [2.75, 3.05) is 5.32 Å². The molecule has 1 amide bonds. The quantitative estimate of drug-likeness (QED) is 0.455. The van der Waals surface area contributed by atoms with Crippen LogP contribution in [0, 0.1) is 0 Å². The van der Waals surface area contributed by atoms with E-state index in [0.29, 0.717) is 11.7 Å². The molecule has 0 fully saturated rings. The van der Waals surface area contributed by atoms with Crippen molar-refractivity contribution in [2.24, 2.45) is 0 Å². The first-order valence-corrected chi connectivity index (χ1v) is 10.1. The van der Waals surface area contributed by atoms with Gasteiger partial charge in [-0.05, 0) is 42.2 Å². The molecule has 5 heteroatoms. The molecule has 0 spiro atoms. The van der Waals surface area contributed by atoms with E-state index in [1.165, 1.54) is 5.56 Å². The molecule has 0 aliphatic heterocycles. The Morgan fingerprint density at radius 2 is 1.57 bits per heavy atom. The average Bonchev–Trinajstić information content (AvgIpc) is 3.26. The minimum absolute atomic E-state index is 0.128. The summed E-state index contributed by atoms with van der Waals surface area (Å²) in [5, 5.41) is 7.41. The number of hydrogen-bond donors (Lipinski definition) is 1. The molecule has 4 rings (SSSR count). The molecule has 0 saturated heterocycles. The van der Waals surface area contributed by atoms with Crippen LogP contribution in [-0.4, -0.2) is 20.7 Å². The number of para-hydroxylation sites is 1. The second-order valence-corrected chi connectivity index (χ2v) is 7.26. The summed E-state index contributed by atoms with van der Waals surface area (Å²) < 4.78 is 1.70. The highest BCUT2D eigenvalue weighted by Gasteiger charge is 2.19. The Hall–Kier alpha value is -3.73. The maximum absolute atomic E-state index is 12.9. The van der Waals surface area contributed by atoms with E-state index in [4.69, 9.17) is 0 Å². The number of aromatic nitrogens is 3. The molecule has 0 saturated carbocycles. The lowest BCUT2D eigenvalue weighted by Crippen LogP contribution is -2.14. The van der Waals surface area contributed by atoms with Crippen LogP contribution in [0.15, 0.2) is 84.9 Å². The van der Waals surface area contributed by atoms with Gasteiger partial charge in [0.25, 0.3) is 5.91 Å². The van der Waals surface area contributed by atoms with E-state index in [9.17, 15) is 4.79 Å². The van der Waals surface area contributed by atoms with E-state index >= 15 is 0 Å². The maximum Gasteiger partial charge on any atom is 0.295 e. The van der Waals surface area contributed by atoms with Crippen molar-refractivity contribution in [3.63, 3.8) is 0 Å². The van der Waals surface area contributed by atoms with Gasteiger partial charge in [-0.25, -0.2) is 9.67 Å². The first-order chi connectivity index (χ1) is 14.7. The summed E-state index contributed by atoms with van der Waals surface area (Å²) in [6.45, 7) is 4.36. The lowest BCUT2D eigenvalue weighted by atomic mass is 9.99. The zero-order valence-corrected chi connectivity index (χ0v) is 17.1. The van der Waals surface area contributed by atoms with Crippen molar-refractivity contribution in [1.29, 1.82) is 0 Å². The van der Waals surface area contributed by atoms with Crippen LogP contribution in [0.3, 0.4) is 0 Å². The first-order valence-electron chi connectivity index (χ1n) is 10.1. The van der Waals surface area contributed by atoms with Gasteiger partial charge in [-0.15, -0.1) is 5.10 Å². The Morgan fingerprint density at radius 1 is 0.933 bits per heavy atom.